The van der Waals surface area contributed by atoms with E-state index in [0.29, 0.717) is 42.1 Å². The smallest absolute Gasteiger partial charge is 0.418 e. The van der Waals surface area contributed by atoms with Gasteiger partial charge in [0.1, 0.15) is 0 Å². The Balaban J connectivity index is 1.91. The number of benzene rings is 2. The SMILES string of the molecule is COC(=O)C1CCN(c2ccc(-c3cccc(Cl)c3)cc2C(F)(F)F)CC1. The molecule has 3 nitrogen and oxygen atoms in total. The second kappa shape index (κ2) is 7.80. The van der Waals surface area contributed by atoms with Gasteiger partial charge in [0.15, 0.2) is 0 Å². The van der Waals surface area contributed by atoms with E-state index in [1.807, 2.05) is 0 Å². The first kappa shape index (κ1) is 19.5. The Morgan fingerprint density at radius 3 is 2.37 bits per heavy atom. The van der Waals surface area contributed by atoms with E-state index in [-0.39, 0.29) is 17.6 Å². The molecule has 7 heteroatoms. The molecule has 1 fully saturated rings. The van der Waals surface area contributed by atoms with Crippen LogP contribution in [0.4, 0.5) is 18.9 Å². The molecule has 3 rings (SSSR count). The molecule has 1 heterocycles. The summed E-state index contributed by atoms with van der Waals surface area (Å²) < 4.78 is 45.9. The van der Waals surface area contributed by atoms with E-state index in [0.717, 1.165) is 6.07 Å². The van der Waals surface area contributed by atoms with Gasteiger partial charge in [-0.25, -0.2) is 0 Å². The Bertz CT molecular complexity index is 830. The molecule has 0 unspecified atom stereocenters. The van der Waals surface area contributed by atoms with Gasteiger partial charge in [0.2, 0.25) is 0 Å². The summed E-state index contributed by atoms with van der Waals surface area (Å²) in [4.78, 5) is 13.3. The fourth-order valence-electron chi connectivity index (χ4n) is 3.41. The number of nitrogens with zero attached hydrogens (tertiary/aromatic N) is 1. The van der Waals surface area contributed by atoms with E-state index in [1.54, 1.807) is 35.2 Å². The molecule has 0 bridgehead atoms. The molecule has 0 saturated carbocycles. The van der Waals surface area contributed by atoms with E-state index < -0.39 is 11.7 Å². The van der Waals surface area contributed by atoms with Crippen molar-refractivity contribution >= 4 is 23.3 Å². The Hall–Kier alpha value is -2.21. The number of ether oxygens (including phenoxy) is 1. The summed E-state index contributed by atoms with van der Waals surface area (Å²) in [6.07, 6.45) is -3.54. The number of methoxy groups -OCH3 is 1. The molecule has 27 heavy (non-hydrogen) atoms. The van der Waals surface area contributed by atoms with E-state index in [9.17, 15) is 18.0 Å². The van der Waals surface area contributed by atoms with Gasteiger partial charge in [-0.05, 0) is 48.2 Å². The molecule has 144 valence electrons. The highest BCUT2D eigenvalue weighted by atomic mass is 35.5. The number of halogens is 4. The largest absolute Gasteiger partial charge is 0.469 e. The number of rotatable bonds is 3. The maximum absolute atomic E-state index is 13.7. The molecule has 2 aromatic carbocycles. The molecule has 1 saturated heterocycles. The van der Waals surface area contributed by atoms with Crippen LogP contribution < -0.4 is 4.90 Å². The first-order valence-electron chi connectivity index (χ1n) is 8.59. The van der Waals surface area contributed by atoms with Crippen molar-refractivity contribution in [3.63, 3.8) is 0 Å². The number of piperidine rings is 1. The third-order valence-corrected chi connectivity index (χ3v) is 5.07. The van der Waals surface area contributed by atoms with Crippen molar-refractivity contribution in [3.8, 4) is 11.1 Å². The molecule has 0 N–H and O–H groups in total. The molecule has 2 aromatic rings. The van der Waals surface area contributed by atoms with Gasteiger partial charge >= 0.3 is 12.1 Å². The monoisotopic (exact) mass is 397 g/mol. The number of hydrogen-bond acceptors (Lipinski definition) is 3. The minimum absolute atomic E-state index is 0.136. The number of alkyl halides is 3. The topological polar surface area (TPSA) is 29.5 Å². The van der Waals surface area contributed by atoms with Crippen molar-refractivity contribution in [2.24, 2.45) is 5.92 Å². The lowest BCUT2D eigenvalue weighted by molar-refractivity contribution is -0.146. The summed E-state index contributed by atoms with van der Waals surface area (Å²) in [5, 5.41) is 0.468. The van der Waals surface area contributed by atoms with Gasteiger partial charge in [-0.2, -0.15) is 13.2 Å². The number of esters is 1. The predicted molar refractivity (Wildman–Crippen MR) is 98.8 cm³/mol. The number of carbonyl (C=O) groups is 1. The standard InChI is InChI=1S/C20H19ClF3NO2/c1-27-19(26)13-7-9-25(10-8-13)18-6-5-15(12-17(18)20(22,23)24)14-3-2-4-16(21)11-14/h2-6,11-13H,7-10H2,1H3. The first-order valence-corrected chi connectivity index (χ1v) is 8.97. The van der Waals surface area contributed by atoms with Gasteiger partial charge in [0, 0.05) is 23.8 Å². The van der Waals surface area contributed by atoms with Crippen LogP contribution in [0.25, 0.3) is 11.1 Å². The average molecular weight is 398 g/mol. The molecular weight excluding hydrogens is 379 g/mol. The lowest BCUT2D eigenvalue weighted by Gasteiger charge is -2.34. The molecule has 0 aromatic heterocycles. The maximum Gasteiger partial charge on any atom is 0.418 e. The third kappa shape index (κ3) is 4.38. The minimum Gasteiger partial charge on any atom is -0.469 e. The van der Waals surface area contributed by atoms with E-state index in [4.69, 9.17) is 16.3 Å². The van der Waals surface area contributed by atoms with Crippen LogP contribution in [0.3, 0.4) is 0 Å². The van der Waals surface area contributed by atoms with E-state index in [2.05, 4.69) is 0 Å². The summed E-state index contributed by atoms with van der Waals surface area (Å²) >= 11 is 5.96. The number of carbonyl (C=O) groups excluding carboxylic acids is 1. The lowest BCUT2D eigenvalue weighted by atomic mass is 9.95. The normalized spacial score (nSPS) is 15.7. The molecule has 1 aliphatic rings. The molecule has 1 aliphatic heterocycles. The van der Waals surface area contributed by atoms with Crippen LogP contribution >= 0.6 is 11.6 Å². The van der Waals surface area contributed by atoms with Crippen molar-refractivity contribution in [2.75, 3.05) is 25.1 Å². The molecule has 0 atom stereocenters. The average Bonchev–Trinajstić information content (AvgIpc) is 2.66. The van der Waals surface area contributed by atoms with Gasteiger partial charge in [-0.1, -0.05) is 29.8 Å². The Kier molecular flexibility index (Phi) is 5.65. The fraction of sp³-hybridized carbons (Fsp3) is 0.350. The van der Waals surface area contributed by atoms with Gasteiger partial charge in [0.05, 0.1) is 18.6 Å². The number of hydrogen-bond donors (Lipinski definition) is 0. The molecule has 0 aliphatic carbocycles. The Labute approximate surface area is 160 Å². The zero-order valence-corrected chi connectivity index (χ0v) is 15.5. The minimum atomic E-state index is -4.48. The highest BCUT2D eigenvalue weighted by Gasteiger charge is 2.36. The van der Waals surface area contributed by atoms with Gasteiger partial charge in [0.25, 0.3) is 0 Å². The third-order valence-electron chi connectivity index (χ3n) is 4.83. The van der Waals surface area contributed by atoms with E-state index in [1.165, 1.54) is 13.2 Å². The number of anilines is 1. The summed E-state index contributed by atoms with van der Waals surface area (Å²) in [5.74, 6) is -0.562. The second-order valence-electron chi connectivity index (χ2n) is 6.52. The molecule has 0 radical (unpaired) electrons. The van der Waals surface area contributed by atoms with Crippen LogP contribution in [0.1, 0.15) is 18.4 Å². The van der Waals surface area contributed by atoms with Gasteiger partial charge in [-0.15, -0.1) is 0 Å². The van der Waals surface area contributed by atoms with Crippen molar-refractivity contribution in [3.05, 3.63) is 53.1 Å². The molecule has 0 amide bonds. The van der Waals surface area contributed by atoms with Crippen LogP contribution in [0.5, 0.6) is 0 Å². The summed E-state index contributed by atoms with van der Waals surface area (Å²) in [7, 11) is 1.32. The zero-order valence-electron chi connectivity index (χ0n) is 14.7. The van der Waals surface area contributed by atoms with Crippen LogP contribution in [0, 0.1) is 5.92 Å². The summed E-state index contributed by atoms with van der Waals surface area (Å²) in [6, 6.07) is 11.1. The quantitative estimate of drug-likeness (QED) is 0.648. The van der Waals surface area contributed by atoms with Crippen molar-refractivity contribution in [2.45, 2.75) is 19.0 Å². The first-order chi connectivity index (χ1) is 12.8. The van der Waals surface area contributed by atoms with Gasteiger partial charge in [-0.3, -0.25) is 4.79 Å². The summed E-state index contributed by atoms with van der Waals surface area (Å²) in [5.41, 5.74) is 0.537. The second-order valence-corrected chi connectivity index (χ2v) is 6.96. The van der Waals surface area contributed by atoms with Gasteiger partial charge < -0.3 is 9.64 Å². The Morgan fingerprint density at radius 2 is 1.78 bits per heavy atom. The maximum atomic E-state index is 13.7. The predicted octanol–water partition coefficient (Wildman–Crippen LogP) is 5.42. The highest BCUT2D eigenvalue weighted by Crippen LogP contribution is 2.40. The zero-order chi connectivity index (χ0) is 19.6. The lowest BCUT2D eigenvalue weighted by Crippen LogP contribution is -2.37. The highest BCUT2D eigenvalue weighted by molar-refractivity contribution is 6.30. The summed E-state index contributed by atoms with van der Waals surface area (Å²) in [6.45, 7) is 0.749. The van der Waals surface area contributed by atoms with E-state index >= 15 is 0 Å². The van der Waals surface area contributed by atoms with Crippen molar-refractivity contribution in [1.82, 2.24) is 0 Å². The fourth-order valence-corrected chi connectivity index (χ4v) is 3.60. The molecule has 0 spiro atoms. The van der Waals surface area contributed by atoms with Crippen LogP contribution in [-0.2, 0) is 15.7 Å². The van der Waals surface area contributed by atoms with Crippen molar-refractivity contribution < 1.29 is 22.7 Å². The van der Waals surface area contributed by atoms with Crippen molar-refractivity contribution in [1.29, 1.82) is 0 Å². The Morgan fingerprint density at radius 1 is 1.11 bits per heavy atom. The van der Waals surface area contributed by atoms with Crippen LogP contribution in [-0.4, -0.2) is 26.2 Å². The van der Waals surface area contributed by atoms with Crippen LogP contribution in [0.15, 0.2) is 42.5 Å². The van der Waals surface area contributed by atoms with Crippen LogP contribution in [0.2, 0.25) is 5.02 Å². The molecular formula is C20H19ClF3NO2.